The van der Waals surface area contributed by atoms with Crippen LogP contribution in [0.1, 0.15) is 33.2 Å². The molecular weight excluding hydrogens is 334 g/mol. The molecule has 0 spiro atoms. The molecule has 4 aromatic rings. The first-order valence-electron chi connectivity index (χ1n) is 9.18. The molecule has 2 aromatic heterocycles. The first-order chi connectivity index (χ1) is 13.3. The van der Waals surface area contributed by atoms with E-state index in [0.717, 1.165) is 23.2 Å². The maximum Gasteiger partial charge on any atom is 0.254 e. The van der Waals surface area contributed by atoms with Crippen molar-refractivity contribution < 1.29 is 4.79 Å². The van der Waals surface area contributed by atoms with Gasteiger partial charge in [-0.15, -0.1) is 0 Å². The minimum absolute atomic E-state index is 0.0498. The number of carbonyl (C=O) groups excluding carboxylic acids is 1. The van der Waals surface area contributed by atoms with Crippen LogP contribution in [0.25, 0.3) is 10.9 Å². The van der Waals surface area contributed by atoms with Crippen molar-refractivity contribution in [2.24, 2.45) is 0 Å². The van der Waals surface area contributed by atoms with Crippen molar-refractivity contribution in [2.45, 2.75) is 12.5 Å². The van der Waals surface area contributed by atoms with E-state index in [1.807, 2.05) is 59.6 Å². The van der Waals surface area contributed by atoms with Crippen LogP contribution in [0.3, 0.4) is 0 Å². The van der Waals surface area contributed by atoms with E-state index in [4.69, 9.17) is 0 Å². The Labute approximate surface area is 157 Å². The number of rotatable bonds is 2. The fourth-order valence-corrected chi connectivity index (χ4v) is 4.09. The van der Waals surface area contributed by atoms with E-state index < -0.39 is 0 Å². The Morgan fingerprint density at radius 3 is 2.63 bits per heavy atom. The lowest BCUT2D eigenvalue weighted by Gasteiger charge is -2.36. The molecule has 1 aliphatic rings. The monoisotopic (exact) mass is 353 g/mol. The number of para-hydroxylation sites is 1. The average Bonchev–Trinajstić information content (AvgIpc) is 3.12. The standard InChI is InChI=1S/C23H19N3O/c27-23(16-7-2-1-3-8-16)26-14-12-19-18-10-4-5-11-20(18)25-21(19)22(26)17-9-6-13-24-15-17/h1-11,13,15,22,25H,12,14H2. The van der Waals surface area contributed by atoms with Gasteiger partial charge in [0.25, 0.3) is 5.91 Å². The first-order valence-corrected chi connectivity index (χ1v) is 9.18. The molecular formula is C23H19N3O. The van der Waals surface area contributed by atoms with Gasteiger partial charge in [-0.2, -0.15) is 0 Å². The largest absolute Gasteiger partial charge is 0.356 e. The first kappa shape index (κ1) is 15.8. The number of hydrogen-bond donors (Lipinski definition) is 1. The maximum absolute atomic E-state index is 13.3. The number of amides is 1. The number of fused-ring (bicyclic) bond motifs is 3. The van der Waals surface area contributed by atoms with Crippen molar-refractivity contribution in [3.8, 4) is 0 Å². The summed E-state index contributed by atoms with van der Waals surface area (Å²) >= 11 is 0. The van der Waals surface area contributed by atoms with Gasteiger partial charge >= 0.3 is 0 Å². The van der Waals surface area contributed by atoms with Gasteiger partial charge in [0.2, 0.25) is 0 Å². The predicted molar refractivity (Wildman–Crippen MR) is 106 cm³/mol. The molecule has 0 fully saturated rings. The van der Waals surface area contributed by atoms with Crippen molar-refractivity contribution >= 4 is 16.8 Å². The molecule has 1 amide bonds. The smallest absolute Gasteiger partial charge is 0.254 e. The summed E-state index contributed by atoms with van der Waals surface area (Å²) in [5.74, 6) is 0.0498. The van der Waals surface area contributed by atoms with Crippen LogP contribution in [0.5, 0.6) is 0 Å². The fraction of sp³-hybridized carbons (Fsp3) is 0.130. The van der Waals surface area contributed by atoms with Crippen molar-refractivity contribution in [2.75, 3.05) is 6.54 Å². The summed E-state index contributed by atoms with van der Waals surface area (Å²) in [4.78, 5) is 23.1. The number of carbonyl (C=O) groups is 1. The van der Waals surface area contributed by atoms with Crippen LogP contribution in [-0.4, -0.2) is 27.3 Å². The Morgan fingerprint density at radius 1 is 1.00 bits per heavy atom. The Kier molecular flexibility index (Phi) is 3.75. The summed E-state index contributed by atoms with van der Waals surface area (Å²) in [5, 5.41) is 1.24. The lowest BCUT2D eigenvalue weighted by molar-refractivity contribution is 0.0692. The maximum atomic E-state index is 13.3. The van der Waals surface area contributed by atoms with Crippen LogP contribution in [0.4, 0.5) is 0 Å². The number of nitrogens with one attached hydrogen (secondary N) is 1. The van der Waals surface area contributed by atoms with Crippen molar-refractivity contribution in [1.82, 2.24) is 14.9 Å². The number of aromatic amines is 1. The van der Waals surface area contributed by atoms with Crippen LogP contribution >= 0.6 is 0 Å². The molecule has 27 heavy (non-hydrogen) atoms. The van der Waals surface area contributed by atoms with Gasteiger partial charge in [-0.3, -0.25) is 9.78 Å². The Bertz CT molecular complexity index is 1100. The third kappa shape index (κ3) is 2.61. The molecule has 0 aliphatic carbocycles. The van der Waals surface area contributed by atoms with E-state index in [2.05, 4.69) is 28.2 Å². The lowest BCUT2D eigenvalue weighted by Crippen LogP contribution is -2.40. The molecule has 2 aromatic carbocycles. The summed E-state index contributed by atoms with van der Waals surface area (Å²) < 4.78 is 0. The van der Waals surface area contributed by atoms with Crippen LogP contribution in [-0.2, 0) is 6.42 Å². The molecule has 1 aliphatic heterocycles. The third-order valence-corrected chi connectivity index (χ3v) is 5.32. The lowest BCUT2D eigenvalue weighted by atomic mass is 9.92. The predicted octanol–water partition coefficient (Wildman–Crippen LogP) is 4.35. The zero-order valence-electron chi connectivity index (χ0n) is 14.8. The number of nitrogens with zero attached hydrogens (tertiary/aromatic N) is 2. The van der Waals surface area contributed by atoms with Gasteiger partial charge in [0, 0.05) is 41.1 Å². The molecule has 0 bridgehead atoms. The van der Waals surface area contributed by atoms with Crippen molar-refractivity contribution in [3.05, 3.63) is 102 Å². The van der Waals surface area contributed by atoms with Gasteiger partial charge in [0.1, 0.15) is 0 Å². The zero-order valence-corrected chi connectivity index (χ0v) is 14.8. The summed E-state index contributed by atoms with van der Waals surface area (Å²) in [6.07, 6.45) is 4.47. The van der Waals surface area contributed by atoms with Crippen molar-refractivity contribution in [1.29, 1.82) is 0 Å². The number of benzene rings is 2. The summed E-state index contributed by atoms with van der Waals surface area (Å²) in [7, 11) is 0. The van der Waals surface area contributed by atoms with E-state index in [0.29, 0.717) is 12.1 Å². The molecule has 1 atom stereocenters. The van der Waals surface area contributed by atoms with Gasteiger partial charge in [-0.05, 0) is 41.8 Å². The van der Waals surface area contributed by atoms with Crippen molar-refractivity contribution in [3.63, 3.8) is 0 Å². The third-order valence-electron chi connectivity index (χ3n) is 5.32. The molecule has 0 saturated heterocycles. The summed E-state index contributed by atoms with van der Waals surface area (Å²) in [6.45, 7) is 0.683. The van der Waals surface area contributed by atoms with Gasteiger partial charge in [-0.1, -0.05) is 42.5 Å². The van der Waals surface area contributed by atoms with Crippen LogP contribution in [0, 0.1) is 0 Å². The van der Waals surface area contributed by atoms with E-state index in [9.17, 15) is 4.79 Å². The minimum Gasteiger partial charge on any atom is -0.356 e. The molecule has 0 radical (unpaired) electrons. The zero-order chi connectivity index (χ0) is 18.2. The van der Waals surface area contributed by atoms with E-state index in [1.165, 1.54) is 10.9 Å². The van der Waals surface area contributed by atoms with Gasteiger partial charge in [0.05, 0.1) is 6.04 Å². The molecule has 1 N–H and O–H groups in total. The Balaban J connectivity index is 1.67. The molecule has 3 heterocycles. The number of H-pyrrole nitrogens is 1. The Hall–Kier alpha value is -3.40. The average molecular weight is 353 g/mol. The SMILES string of the molecule is O=C(c1ccccc1)N1CCc2c([nH]c3ccccc23)C1c1cccnc1. The Morgan fingerprint density at radius 2 is 1.81 bits per heavy atom. The van der Waals surface area contributed by atoms with E-state index in [1.54, 1.807) is 6.20 Å². The molecule has 1 unspecified atom stereocenters. The number of hydrogen-bond acceptors (Lipinski definition) is 2. The van der Waals surface area contributed by atoms with E-state index in [-0.39, 0.29) is 11.9 Å². The topological polar surface area (TPSA) is 49.0 Å². The molecule has 5 rings (SSSR count). The van der Waals surface area contributed by atoms with E-state index >= 15 is 0 Å². The minimum atomic E-state index is -0.164. The molecule has 0 saturated carbocycles. The second-order valence-electron chi connectivity index (χ2n) is 6.87. The van der Waals surface area contributed by atoms with Gasteiger partial charge in [0.15, 0.2) is 0 Å². The van der Waals surface area contributed by atoms with Gasteiger partial charge < -0.3 is 9.88 Å². The second-order valence-corrected chi connectivity index (χ2v) is 6.87. The highest BCUT2D eigenvalue weighted by Gasteiger charge is 2.34. The fourth-order valence-electron chi connectivity index (χ4n) is 4.09. The molecule has 4 heteroatoms. The molecule has 132 valence electrons. The normalized spacial score (nSPS) is 16.3. The highest BCUT2D eigenvalue weighted by molar-refractivity contribution is 5.95. The number of pyridine rings is 1. The van der Waals surface area contributed by atoms with Gasteiger partial charge in [-0.25, -0.2) is 0 Å². The highest BCUT2D eigenvalue weighted by atomic mass is 16.2. The van der Waals surface area contributed by atoms with Crippen LogP contribution in [0.15, 0.2) is 79.1 Å². The van der Waals surface area contributed by atoms with Crippen LogP contribution < -0.4 is 0 Å². The number of aromatic nitrogens is 2. The molecule has 4 nitrogen and oxygen atoms in total. The second kappa shape index (κ2) is 6.40. The highest BCUT2D eigenvalue weighted by Crippen LogP contribution is 2.38. The summed E-state index contributed by atoms with van der Waals surface area (Å²) in [6, 6.07) is 21.7. The summed E-state index contributed by atoms with van der Waals surface area (Å²) in [5.41, 5.74) is 5.25. The quantitative estimate of drug-likeness (QED) is 0.582. The van der Waals surface area contributed by atoms with Crippen LogP contribution in [0.2, 0.25) is 0 Å².